The number of carboxylic acids is 1. The van der Waals surface area contributed by atoms with Gasteiger partial charge in [-0.25, -0.2) is 4.79 Å². The first kappa shape index (κ1) is 15.2. The number of hydrogen-bond acceptors (Lipinski definition) is 2. The van der Waals surface area contributed by atoms with Crippen molar-refractivity contribution in [2.24, 2.45) is 0 Å². The van der Waals surface area contributed by atoms with E-state index >= 15 is 0 Å². The minimum atomic E-state index is -0.840. The predicted octanol–water partition coefficient (Wildman–Crippen LogP) is 3.39. The van der Waals surface area contributed by atoms with Crippen molar-refractivity contribution in [2.45, 2.75) is 58.5 Å². The smallest absolute Gasteiger partial charge is 0.332 e. The Balaban J connectivity index is 3.47. The lowest BCUT2D eigenvalue weighted by Crippen LogP contribution is -2.24. The molecule has 0 aromatic carbocycles. The molecule has 16 heavy (non-hydrogen) atoms. The molecule has 94 valence electrons. The highest BCUT2D eigenvalue weighted by atomic mass is 16.5. The minimum absolute atomic E-state index is 0.553. The molecule has 3 heteroatoms. The van der Waals surface area contributed by atoms with Crippen molar-refractivity contribution >= 4 is 5.97 Å². The molecule has 0 aliphatic heterocycles. The van der Waals surface area contributed by atoms with E-state index in [1.165, 1.54) is 0 Å². The van der Waals surface area contributed by atoms with E-state index in [1.807, 2.05) is 6.92 Å². The van der Waals surface area contributed by atoms with E-state index in [0.29, 0.717) is 13.0 Å². The lowest BCUT2D eigenvalue weighted by Gasteiger charge is -2.11. The van der Waals surface area contributed by atoms with Crippen molar-refractivity contribution in [3.05, 3.63) is 12.2 Å². The van der Waals surface area contributed by atoms with E-state index in [2.05, 4.69) is 19.1 Å². The summed E-state index contributed by atoms with van der Waals surface area (Å²) in [4.78, 5) is 10.8. The van der Waals surface area contributed by atoms with E-state index in [-0.39, 0.29) is 0 Å². The number of ether oxygens (including phenoxy) is 1. The van der Waals surface area contributed by atoms with Gasteiger partial charge in [-0.2, -0.15) is 0 Å². The van der Waals surface area contributed by atoms with Crippen LogP contribution in [0.25, 0.3) is 0 Å². The minimum Gasteiger partial charge on any atom is -0.479 e. The lowest BCUT2D eigenvalue weighted by atomic mass is 10.2. The fourth-order valence-corrected chi connectivity index (χ4v) is 1.41. The van der Waals surface area contributed by atoms with Gasteiger partial charge in [0.15, 0.2) is 6.10 Å². The maximum Gasteiger partial charge on any atom is 0.332 e. The van der Waals surface area contributed by atoms with Crippen LogP contribution in [0.3, 0.4) is 0 Å². The Bertz CT molecular complexity index is 199. The van der Waals surface area contributed by atoms with Gasteiger partial charge in [0.2, 0.25) is 0 Å². The second-order valence-corrected chi connectivity index (χ2v) is 3.86. The Kier molecular flexibility index (Phi) is 10.1. The topological polar surface area (TPSA) is 46.5 Å². The Morgan fingerprint density at radius 2 is 2.06 bits per heavy atom. The quantitative estimate of drug-likeness (QED) is 0.460. The monoisotopic (exact) mass is 228 g/mol. The Morgan fingerprint density at radius 3 is 2.62 bits per heavy atom. The molecule has 0 fully saturated rings. The molecule has 1 unspecified atom stereocenters. The molecule has 0 aromatic heterocycles. The van der Waals surface area contributed by atoms with E-state index in [1.54, 1.807) is 0 Å². The van der Waals surface area contributed by atoms with Gasteiger partial charge in [-0.3, -0.25) is 0 Å². The van der Waals surface area contributed by atoms with Gasteiger partial charge in [0.1, 0.15) is 0 Å². The maximum atomic E-state index is 10.8. The molecular weight excluding hydrogens is 204 g/mol. The van der Waals surface area contributed by atoms with Gasteiger partial charge in [0, 0.05) is 6.61 Å². The van der Waals surface area contributed by atoms with Gasteiger partial charge in [0.25, 0.3) is 0 Å². The molecule has 0 aliphatic rings. The van der Waals surface area contributed by atoms with Crippen LogP contribution >= 0.6 is 0 Å². The molecule has 0 saturated heterocycles. The maximum absolute atomic E-state index is 10.8. The van der Waals surface area contributed by atoms with Crippen LogP contribution in [0, 0.1) is 0 Å². The average Bonchev–Trinajstić information content (AvgIpc) is 2.26. The lowest BCUT2D eigenvalue weighted by molar-refractivity contribution is -0.150. The standard InChI is InChI=1S/C13H24O3/c1-3-5-6-7-8-9-11-16-12(10-4-2)13(14)15/h5-6,12H,3-4,7-11H2,1-2H3,(H,14,15)/b6-5-. The Labute approximate surface area is 98.5 Å². The molecule has 0 saturated carbocycles. The first-order valence-corrected chi connectivity index (χ1v) is 6.21. The average molecular weight is 228 g/mol. The van der Waals surface area contributed by atoms with Gasteiger partial charge in [-0.1, -0.05) is 32.4 Å². The van der Waals surface area contributed by atoms with E-state index in [4.69, 9.17) is 9.84 Å². The van der Waals surface area contributed by atoms with Crippen LogP contribution in [-0.2, 0) is 9.53 Å². The molecule has 0 aliphatic carbocycles. The largest absolute Gasteiger partial charge is 0.479 e. The van der Waals surface area contributed by atoms with Crippen LogP contribution in [0.2, 0.25) is 0 Å². The summed E-state index contributed by atoms with van der Waals surface area (Å²) in [7, 11) is 0. The van der Waals surface area contributed by atoms with Crippen LogP contribution in [-0.4, -0.2) is 23.8 Å². The number of allylic oxidation sites excluding steroid dienone is 2. The highest BCUT2D eigenvalue weighted by Crippen LogP contribution is 2.05. The first-order valence-electron chi connectivity index (χ1n) is 6.21. The summed E-state index contributed by atoms with van der Waals surface area (Å²) in [6.07, 6.45) is 9.28. The summed E-state index contributed by atoms with van der Waals surface area (Å²) >= 11 is 0. The molecule has 0 bridgehead atoms. The van der Waals surface area contributed by atoms with Crippen molar-refractivity contribution in [3.63, 3.8) is 0 Å². The van der Waals surface area contributed by atoms with Gasteiger partial charge < -0.3 is 9.84 Å². The number of unbranched alkanes of at least 4 members (excludes halogenated alkanes) is 2. The van der Waals surface area contributed by atoms with E-state index < -0.39 is 12.1 Å². The molecule has 0 rings (SSSR count). The summed E-state index contributed by atoms with van der Waals surface area (Å²) in [5, 5.41) is 8.84. The zero-order valence-electron chi connectivity index (χ0n) is 10.4. The van der Waals surface area contributed by atoms with Crippen molar-refractivity contribution in [1.29, 1.82) is 0 Å². The zero-order chi connectivity index (χ0) is 12.2. The Morgan fingerprint density at radius 1 is 1.31 bits per heavy atom. The summed E-state index contributed by atoms with van der Waals surface area (Å²) in [6, 6.07) is 0. The van der Waals surface area contributed by atoms with E-state index in [9.17, 15) is 4.79 Å². The van der Waals surface area contributed by atoms with Crippen LogP contribution in [0.15, 0.2) is 12.2 Å². The number of carboxylic acid groups (broad SMARTS) is 1. The van der Waals surface area contributed by atoms with Crippen LogP contribution in [0.5, 0.6) is 0 Å². The Hall–Kier alpha value is -0.830. The van der Waals surface area contributed by atoms with Gasteiger partial charge in [-0.05, 0) is 32.1 Å². The summed E-state index contributed by atoms with van der Waals surface area (Å²) < 4.78 is 5.33. The molecule has 0 radical (unpaired) electrons. The first-order chi connectivity index (χ1) is 7.72. The van der Waals surface area contributed by atoms with E-state index in [0.717, 1.165) is 32.1 Å². The normalized spacial score (nSPS) is 13.1. The second-order valence-electron chi connectivity index (χ2n) is 3.86. The molecule has 1 N–H and O–H groups in total. The summed E-state index contributed by atoms with van der Waals surface area (Å²) in [5.74, 6) is -0.840. The van der Waals surface area contributed by atoms with Crippen molar-refractivity contribution in [2.75, 3.05) is 6.61 Å². The van der Waals surface area contributed by atoms with Gasteiger partial charge >= 0.3 is 5.97 Å². The van der Waals surface area contributed by atoms with Crippen LogP contribution in [0.4, 0.5) is 0 Å². The van der Waals surface area contributed by atoms with Crippen molar-refractivity contribution < 1.29 is 14.6 Å². The molecule has 0 spiro atoms. The van der Waals surface area contributed by atoms with Crippen molar-refractivity contribution in [3.8, 4) is 0 Å². The summed E-state index contributed by atoms with van der Waals surface area (Å²) in [5.41, 5.74) is 0. The zero-order valence-corrected chi connectivity index (χ0v) is 10.4. The highest BCUT2D eigenvalue weighted by molar-refractivity contribution is 5.72. The summed E-state index contributed by atoms with van der Waals surface area (Å²) in [6.45, 7) is 4.63. The number of rotatable bonds is 10. The number of carbonyl (C=O) groups is 1. The van der Waals surface area contributed by atoms with Crippen molar-refractivity contribution in [1.82, 2.24) is 0 Å². The number of aliphatic carboxylic acids is 1. The fraction of sp³-hybridized carbons (Fsp3) is 0.769. The molecular formula is C13H24O3. The molecule has 3 nitrogen and oxygen atoms in total. The third-order valence-electron chi connectivity index (χ3n) is 2.31. The van der Waals surface area contributed by atoms with Gasteiger partial charge in [0.05, 0.1) is 0 Å². The molecule has 1 atom stereocenters. The second kappa shape index (κ2) is 10.7. The SMILES string of the molecule is CC/C=C\CCCCOC(CCC)C(=O)O. The van der Waals surface area contributed by atoms with Crippen LogP contribution < -0.4 is 0 Å². The number of hydrogen-bond donors (Lipinski definition) is 1. The third kappa shape index (κ3) is 8.48. The molecule has 0 aromatic rings. The molecule has 0 amide bonds. The fourth-order valence-electron chi connectivity index (χ4n) is 1.41. The molecule has 0 heterocycles. The highest BCUT2D eigenvalue weighted by Gasteiger charge is 2.15. The third-order valence-corrected chi connectivity index (χ3v) is 2.31. The van der Waals surface area contributed by atoms with Crippen LogP contribution in [0.1, 0.15) is 52.4 Å². The predicted molar refractivity (Wildman–Crippen MR) is 65.6 cm³/mol. The van der Waals surface area contributed by atoms with Gasteiger partial charge in [-0.15, -0.1) is 0 Å².